The molecule has 0 spiro atoms. The maximum absolute atomic E-state index is 12.5. The van der Waals surface area contributed by atoms with Gasteiger partial charge in [-0.1, -0.05) is 0 Å². The van der Waals surface area contributed by atoms with Crippen LogP contribution < -0.4 is 20.9 Å². The van der Waals surface area contributed by atoms with Crippen molar-refractivity contribution in [2.24, 2.45) is 17.8 Å². The third-order valence-electron chi connectivity index (χ3n) is 6.68. The number of urea groups is 1. The van der Waals surface area contributed by atoms with Gasteiger partial charge in [0.25, 0.3) is 11.8 Å². The highest BCUT2D eigenvalue weighted by atomic mass is 16.2. The van der Waals surface area contributed by atoms with Crippen LogP contribution in [0.4, 0.5) is 4.79 Å². The Bertz CT molecular complexity index is 569. The third kappa shape index (κ3) is 4.81. The molecule has 4 fully saturated rings. The summed E-state index contributed by atoms with van der Waals surface area (Å²) < 4.78 is 0. The molecule has 0 aliphatic heterocycles. The number of hydrogen-bond acceptors (Lipinski definition) is 3. The maximum atomic E-state index is 12.5. The van der Waals surface area contributed by atoms with E-state index < -0.39 is 6.04 Å². The number of nitrogens with one attached hydrogen (secondary N) is 4. The number of amides is 4. The van der Waals surface area contributed by atoms with Gasteiger partial charge in [0, 0.05) is 11.6 Å². The summed E-state index contributed by atoms with van der Waals surface area (Å²) >= 11 is 0. The van der Waals surface area contributed by atoms with Gasteiger partial charge >= 0.3 is 6.03 Å². The molecule has 4 N–H and O–H groups in total. The molecule has 0 aromatic rings. The fraction of sp³-hybridized carbons (Fsp3) is 0.850. The molecule has 7 nitrogen and oxygen atoms in total. The van der Waals surface area contributed by atoms with Crippen molar-refractivity contribution in [1.29, 1.82) is 0 Å². The fourth-order valence-electron chi connectivity index (χ4n) is 5.76. The number of hydrogen-bond donors (Lipinski definition) is 4. The summed E-state index contributed by atoms with van der Waals surface area (Å²) in [5, 5.41) is 8.49. The summed E-state index contributed by atoms with van der Waals surface area (Å²) in [7, 11) is 1.79. The average Bonchev–Trinajstić information content (AvgIpc) is 2.50. The molecule has 4 aliphatic rings. The van der Waals surface area contributed by atoms with E-state index in [4.69, 9.17) is 0 Å². The molecule has 0 aromatic heterocycles. The summed E-state index contributed by atoms with van der Waals surface area (Å²) in [5.74, 6) is 1.77. The van der Waals surface area contributed by atoms with Crippen molar-refractivity contribution in [2.75, 3.05) is 13.6 Å². The van der Waals surface area contributed by atoms with Gasteiger partial charge in [0.15, 0.2) is 12.6 Å². The smallest absolute Gasteiger partial charge is 0.322 e. The summed E-state index contributed by atoms with van der Waals surface area (Å²) in [6, 6.07) is -0.793. The van der Waals surface area contributed by atoms with Gasteiger partial charge in [-0.05, 0) is 77.0 Å². The van der Waals surface area contributed by atoms with Crippen LogP contribution in [-0.4, -0.2) is 49.1 Å². The molecule has 4 rings (SSSR count). The molecule has 4 aliphatic carbocycles. The van der Waals surface area contributed by atoms with Crippen LogP contribution in [0.2, 0.25) is 0 Å². The molecule has 4 amide bonds. The molecule has 0 radical (unpaired) electrons. The highest BCUT2D eigenvalue weighted by Gasteiger charge is 2.51. The molecule has 4 bridgehead atoms. The first-order valence-corrected chi connectivity index (χ1v) is 10.4. The number of carbonyl (C=O) groups excluding carboxylic acids is 3. The van der Waals surface area contributed by atoms with E-state index in [0.29, 0.717) is 0 Å². The van der Waals surface area contributed by atoms with Crippen molar-refractivity contribution >= 4 is 17.8 Å². The van der Waals surface area contributed by atoms with Gasteiger partial charge in [0.2, 0.25) is 0 Å². The first kappa shape index (κ1) is 20.1. The minimum absolute atomic E-state index is 0.0699. The maximum Gasteiger partial charge on any atom is 0.322 e. The Labute approximate surface area is 162 Å². The van der Waals surface area contributed by atoms with Gasteiger partial charge < -0.3 is 15.5 Å². The lowest BCUT2D eigenvalue weighted by Gasteiger charge is -2.56. The van der Waals surface area contributed by atoms with Crippen LogP contribution in [-0.2, 0) is 9.59 Å². The van der Waals surface area contributed by atoms with Crippen molar-refractivity contribution in [3.05, 3.63) is 0 Å². The molecular weight excluding hydrogens is 344 g/mol. The lowest BCUT2D eigenvalue weighted by Crippen LogP contribution is -3.15. The first-order chi connectivity index (χ1) is 12.7. The zero-order valence-electron chi connectivity index (χ0n) is 17.1. The lowest BCUT2D eigenvalue weighted by atomic mass is 9.53. The van der Waals surface area contributed by atoms with E-state index in [1.54, 1.807) is 14.0 Å². The Morgan fingerprint density at radius 2 is 1.52 bits per heavy atom. The van der Waals surface area contributed by atoms with Gasteiger partial charge in [0.1, 0.15) is 0 Å². The van der Waals surface area contributed by atoms with Crippen LogP contribution in [0.5, 0.6) is 0 Å². The molecule has 7 heteroatoms. The summed E-state index contributed by atoms with van der Waals surface area (Å²) in [5.41, 5.74) is -0.113. The second-order valence-electron chi connectivity index (χ2n) is 9.61. The predicted octanol–water partition coefficient (Wildman–Crippen LogP) is 0.209. The summed E-state index contributed by atoms with van der Waals surface area (Å²) in [6.45, 7) is 5.74. The number of rotatable bonds is 6. The number of imide groups is 1. The van der Waals surface area contributed by atoms with E-state index in [2.05, 4.69) is 16.0 Å². The average molecular weight is 380 g/mol. The Morgan fingerprint density at radius 3 is 2.00 bits per heavy atom. The fourth-order valence-corrected chi connectivity index (χ4v) is 5.76. The molecule has 0 aromatic carbocycles. The summed E-state index contributed by atoms with van der Waals surface area (Å²) in [4.78, 5) is 37.6. The molecule has 4 saturated carbocycles. The Morgan fingerprint density at radius 1 is 1.00 bits per heavy atom. The van der Waals surface area contributed by atoms with E-state index >= 15 is 0 Å². The normalized spacial score (nSPS) is 33.4. The minimum atomic E-state index is -0.481. The van der Waals surface area contributed by atoms with E-state index in [9.17, 15) is 14.4 Å². The highest BCUT2D eigenvalue weighted by Crippen LogP contribution is 2.55. The van der Waals surface area contributed by atoms with Crippen LogP contribution in [0.15, 0.2) is 0 Å². The number of quaternary nitrogens is 1. The second kappa shape index (κ2) is 7.78. The van der Waals surface area contributed by atoms with E-state index in [-0.39, 0.29) is 36.0 Å². The van der Waals surface area contributed by atoms with Gasteiger partial charge in [-0.2, -0.15) is 0 Å². The Kier molecular flexibility index (Phi) is 5.79. The van der Waals surface area contributed by atoms with Crippen molar-refractivity contribution in [3.8, 4) is 0 Å². The number of carbonyl (C=O) groups is 3. The van der Waals surface area contributed by atoms with Gasteiger partial charge in [-0.3, -0.25) is 14.9 Å². The topological polar surface area (TPSA) is 91.7 Å². The lowest BCUT2D eigenvalue weighted by molar-refractivity contribution is -0.886. The molecule has 0 heterocycles. The monoisotopic (exact) mass is 379 g/mol. The quantitative estimate of drug-likeness (QED) is 0.532. The van der Waals surface area contributed by atoms with Crippen molar-refractivity contribution < 1.29 is 19.3 Å². The molecule has 1 unspecified atom stereocenters. The Hall–Kier alpha value is -1.63. The summed E-state index contributed by atoms with van der Waals surface area (Å²) in [6.07, 6.45) is 7.09. The van der Waals surface area contributed by atoms with Crippen LogP contribution in [0.1, 0.15) is 59.3 Å². The highest BCUT2D eigenvalue weighted by molar-refractivity contribution is 5.96. The molecule has 0 saturated heterocycles. The van der Waals surface area contributed by atoms with Crippen LogP contribution in [0.3, 0.4) is 0 Å². The largest absolute Gasteiger partial charge is 0.349 e. The number of likely N-dealkylation sites (N-methyl/N-ethyl adjacent to an activating group) is 1. The van der Waals surface area contributed by atoms with Gasteiger partial charge in [-0.15, -0.1) is 0 Å². The van der Waals surface area contributed by atoms with Crippen LogP contribution >= 0.6 is 0 Å². The van der Waals surface area contributed by atoms with Crippen molar-refractivity contribution in [1.82, 2.24) is 16.0 Å². The van der Waals surface area contributed by atoms with E-state index in [1.807, 2.05) is 13.8 Å². The zero-order chi connectivity index (χ0) is 19.8. The first-order valence-electron chi connectivity index (χ1n) is 10.4. The minimum Gasteiger partial charge on any atom is -0.349 e. The third-order valence-corrected chi connectivity index (χ3v) is 6.68. The SMILES string of the molecule is CC(C)NC(=O)C[NH+](C)[C@H](C)C(=O)NC(=O)NC12CC3CC(CC(C3)C1)C2. The second-order valence-corrected chi connectivity index (χ2v) is 9.61. The van der Waals surface area contributed by atoms with Crippen LogP contribution in [0.25, 0.3) is 0 Å². The molecule has 2 atom stereocenters. The molecular formula is C20H35N4O3+. The molecule has 27 heavy (non-hydrogen) atoms. The van der Waals surface area contributed by atoms with Crippen molar-refractivity contribution in [3.63, 3.8) is 0 Å². The standard InChI is InChI=1S/C20H34N4O3/c1-12(2)21-17(25)11-24(4)13(3)18(26)22-19(27)23-20-8-14-5-15(9-20)7-16(6-14)10-20/h12-16H,5-11H2,1-4H3,(H,21,25)(H2,22,23,26,27)/p+1/t13-,14?,15?,16?,20?/m1/s1. The predicted molar refractivity (Wildman–Crippen MR) is 102 cm³/mol. The van der Waals surface area contributed by atoms with Gasteiger partial charge in [0.05, 0.1) is 7.05 Å². The Balaban J connectivity index is 1.49. The van der Waals surface area contributed by atoms with Crippen molar-refractivity contribution in [2.45, 2.75) is 76.9 Å². The van der Waals surface area contributed by atoms with E-state index in [1.165, 1.54) is 19.3 Å². The molecule has 152 valence electrons. The van der Waals surface area contributed by atoms with E-state index in [0.717, 1.165) is 41.9 Å². The zero-order valence-corrected chi connectivity index (χ0v) is 17.1. The van der Waals surface area contributed by atoms with Crippen LogP contribution in [0, 0.1) is 17.8 Å². The van der Waals surface area contributed by atoms with Gasteiger partial charge in [-0.25, -0.2) is 4.79 Å².